The zero-order valence-corrected chi connectivity index (χ0v) is 14.8. The van der Waals surface area contributed by atoms with E-state index in [0.29, 0.717) is 0 Å². The molecule has 1 N–H and O–H groups in total. The average molecular weight is 327 g/mol. The van der Waals surface area contributed by atoms with E-state index in [1.165, 1.54) is 40.7 Å². The molecule has 1 fully saturated rings. The molecule has 1 heteroatoms. The summed E-state index contributed by atoms with van der Waals surface area (Å²) < 4.78 is 0. The predicted molar refractivity (Wildman–Crippen MR) is 106 cm³/mol. The maximum atomic E-state index is 3.80. The third-order valence-corrected chi connectivity index (χ3v) is 5.03. The summed E-state index contributed by atoms with van der Waals surface area (Å²) in [6.45, 7) is 3.28. The number of aryl methyl sites for hydroxylation is 1. The Bertz CT molecular complexity index is 816. The van der Waals surface area contributed by atoms with Gasteiger partial charge in [0.2, 0.25) is 0 Å². The van der Waals surface area contributed by atoms with Crippen molar-refractivity contribution >= 4 is 0 Å². The number of hydrogen-bond donors (Lipinski definition) is 1. The molecule has 1 atom stereocenters. The summed E-state index contributed by atoms with van der Waals surface area (Å²) in [4.78, 5) is 0. The molecule has 0 amide bonds. The molecule has 1 aliphatic carbocycles. The van der Waals surface area contributed by atoms with Gasteiger partial charge in [0.15, 0.2) is 0 Å². The van der Waals surface area contributed by atoms with E-state index in [2.05, 4.69) is 91.1 Å². The third-order valence-electron chi connectivity index (χ3n) is 5.03. The second-order valence-corrected chi connectivity index (χ2v) is 7.19. The van der Waals surface area contributed by atoms with Crippen LogP contribution in [0.15, 0.2) is 78.9 Å². The molecule has 0 spiro atoms. The van der Waals surface area contributed by atoms with E-state index in [0.717, 1.165) is 12.5 Å². The Balaban J connectivity index is 1.61. The Morgan fingerprint density at radius 2 is 1.52 bits per heavy atom. The highest BCUT2D eigenvalue weighted by molar-refractivity contribution is 5.63. The van der Waals surface area contributed by atoms with E-state index in [1.807, 2.05) is 0 Å². The second-order valence-electron chi connectivity index (χ2n) is 7.19. The molecule has 0 aliphatic heterocycles. The van der Waals surface area contributed by atoms with E-state index >= 15 is 0 Å². The van der Waals surface area contributed by atoms with Gasteiger partial charge in [0.05, 0.1) is 6.04 Å². The molecule has 1 unspecified atom stereocenters. The lowest BCUT2D eigenvalue weighted by Crippen LogP contribution is -2.24. The molecule has 0 aromatic heterocycles. The van der Waals surface area contributed by atoms with Gasteiger partial charge in [0.1, 0.15) is 0 Å². The first-order valence-electron chi connectivity index (χ1n) is 9.25. The Morgan fingerprint density at radius 3 is 2.20 bits per heavy atom. The van der Waals surface area contributed by atoms with Crippen molar-refractivity contribution in [3.8, 4) is 11.1 Å². The molecule has 1 aliphatic rings. The summed E-state index contributed by atoms with van der Waals surface area (Å²) in [5.74, 6) is 0.871. The maximum Gasteiger partial charge on any atom is 0.0576 e. The van der Waals surface area contributed by atoms with Crippen LogP contribution in [-0.2, 0) is 0 Å². The molecule has 4 rings (SSSR count). The Morgan fingerprint density at radius 1 is 0.800 bits per heavy atom. The molecule has 25 heavy (non-hydrogen) atoms. The molecule has 0 radical (unpaired) electrons. The monoisotopic (exact) mass is 327 g/mol. The largest absolute Gasteiger partial charge is 0.306 e. The van der Waals surface area contributed by atoms with Gasteiger partial charge >= 0.3 is 0 Å². The molecule has 3 aromatic rings. The van der Waals surface area contributed by atoms with Gasteiger partial charge in [-0.15, -0.1) is 0 Å². The number of hydrogen-bond acceptors (Lipinski definition) is 1. The van der Waals surface area contributed by atoms with Gasteiger partial charge in [-0.1, -0.05) is 84.4 Å². The summed E-state index contributed by atoms with van der Waals surface area (Å²) >= 11 is 0. The fraction of sp³-hybridized carbons (Fsp3) is 0.250. The molecule has 126 valence electrons. The molecule has 0 saturated heterocycles. The highest BCUT2D eigenvalue weighted by Gasteiger charge is 2.23. The summed E-state index contributed by atoms with van der Waals surface area (Å²) in [6.07, 6.45) is 2.75. The Kier molecular flexibility index (Phi) is 4.67. The van der Waals surface area contributed by atoms with Crippen molar-refractivity contribution in [2.75, 3.05) is 6.54 Å². The topological polar surface area (TPSA) is 12.0 Å². The first-order valence-corrected chi connectivity index (χ1v) is 9.25. The van der Waals surface area contributed by atoms with Crippen LogP contribution >= 0.6 is 0 Å². The predicted octanol–water partition coefficient (Wildman–Crippen LogP) is 5.75. The fourth-order valence-electron chi connectivity index (χ4n) is 3.38. The van der Waals surface area contributed by atoms with Crippen LogP contribution in [0.4, 0.5) is 0 Å². The van der Waals surface area contributed by atoms with E-state index in [9.17, 15) is 0 Å². The zero-order chi connectivity index (χ0) is 17.1. The standard InChI is InChI=1S/C24H25N/c1-18-6-5-9-23(16-18)24(25-17-19-10-11-19)22-14-12-21(13-15-22)20-7-3-2-4-8-20/h2-9,12-16,19,24-25H,10-11,17H2,1H3. The highest BCUT2D eigenvalue weighted by Crippen LogP contribution is 2.31. The van der Waals surface area contributed by atoms with Crippen molar-refractivity contribution in [3.63, 3.8) is 0 Å². The lowest BCUT2D eigenvalue weighted by Gasteiger charge is -2.21. The van der Waals surface area contributed by atoms with Crippen LogP contribution in [-0.4, -0.2) is 6.54 Å². The van der Waals surface area contributed by atoms with Crippen LogP contribution in [0, 0.1) is 12.8 Å². The van der Waals surface area contributed by atoms with Gasteiger partial charge in [-0.05, 0) is 54.5 Å². The van der Waals surface area contributed by atoms with E-state index in [4.69, 9.17) is 0 Å². The smallest absolute Gasteiger partial charge is 0.0576 e. The first-order chi connectivity index (χ1) is 12.3. The quantitative estimate of drug-likeness (QED) is 0.608. The summed E-state index contributed by atoms with van der Waals surface area (Å²) in [5, 5.41) is 3.80. The summed E-state index contributed by atoms with van der Waals surface area (Å²) in [7, 11) is 0. The highest BCUT2D eigenvalue weighted by atomic mass is 14.9. The van der Waals surface area contributed by atoms with Gasteiger partial charge < -0.3 is 5.32 Å². The second kappa shape index (κ2) is 7.25. The molecule has 0 heterocycles. The van der Waals surface area contributed by atoms with Gasteiger partial charge in [-0.2, -0.15) is 0 Å². The summed E-state index contributed by atoms with van der Waals surface area (Å²) in [6, 6.07) is 28.7. The van der Waals surface area contributed by atoms with Crippen molar-refractivity contribution in [3.05, 3.63) is 95.6 Å². The zero-order valence-electron chi connectivity index (χ0n) is 14.8. The van der Waals surface area contributed by atoms with Crippen LogP contribution in [0.25, 0.3) is 11.1 Å². The van der Waals surface area contributed by atoms with Crippen molar-refractivity contribution in [2.24, 2.45) is 5.92 Å². The number of benzene rings is 3. The van der Waals surface area contributed by atoms with Crippen molar-refractivity contribution in [1.29, 1.82) is 0 Å². The van der Waals surface area contributed by atoms with Gasteiger partial charge in [0, 0.05) is 0 Å². The molecule has 1 saturated carbocycles. The van der Waals surface area contributed by atoms with E-state index in [1.54, 1.807) is 0 Å². The Labute approximate surface area is 150 Å². The third kappa shape index (κ3) is 4.00. The normalized spacial score (nSPS) is 15.1. The number of nitrogens with one attached hydrogen (secondary N) is 1. The van der Waals surface area contributed by atoms with Gasteiger partial charge in [0.25, 0.3) is 0 Å². The van der Waals surface area contributed by atoms with Crippen molar-refractivity contribution < 1.29 is 0 Å². The maximum absolute atomic E-state index is 3.80. The molecular weight excluding hydrogens is 302 g/mol. The van der Waals surface area contributed by atoms with Crippen LogP contribution in [0.2, 0.25) is 0 Å². The molecular formula is C24H25N. The minimum Gasteiger partial charge on any atom is -0.306 e. The van der Waals surface area contributed by atoms with Crippen LogP contribution in [0.5, 0.6) is 0 Å². The SMILES string of the molecule is Cc1cccc(C(NCC2CC2)c2ccc(-c3ccccc3)cc2)c1. The first kappa shape index (κ1) is 16.1. The lowest BCUT2D eigenvalue weighted by atomic mass is 9.95. The summed E-state index contributed by atoms with van der Waals surface area (Å²) in [5.41, 5.74) is 6.55. The van der Waals surface area contributed by atoms with E-state index in [-0.39, 0.29) is 6.04 Å². The number of rotatable bonds is 6. The van der Waals surface area contributed by atoms with Crippen LogP contribution in [0.1, 0.15) is 35.6 Å². The van der Waals surface area contributed by atoms with Gasteiger partial charge in [-0.25, -0.2) is 0 Å². The van der Waals surface area contributed by atoms with Crippen LogP contribution in [0.3, 0.4) is 0 Å². The minimum atomic E-state index is 0.269. The minimum absolute atomic E-state index is 0.269. The van der Waals surface area contributed by atoms with Crippen molar-refractivity contribution in [2.45, 2.75) is 25.8 Å². The lowest BCUT2D eigenvalue weighted by molar-refractivity contribution is 0.573. The van der Waals surface area contributed by atoms with Crippen LogP contribution < -0.4 is 5.32 Å². The molecule has 0 bridgehead atoms. The fourth-order valence-corrected chi connectivity index (χ4v) is 3.38. The molecule has 3 aromatic carbocycles. The van der Waals surface area contributed by atoms with E-state index < -0.39 is 0 Å². The average Bonchev–Trinajstić information content (AvgIpc) is 3.48. The van der Waals surface area contributed by atoms with Crippen molar-refractivity contribution in [1.82, 2.24) is 5.32 Å². The molecule has 1 nitrogen and oxygen atoms in total. The Hall–Kier alpha value is -2.38. The van der Waals surface area contributed by atoms with Gasteiger partial charge in [-0.3, -0.25) is 0 Å².